The van der Waals surface area contributed by atoms with E-state index < -0.39 is 11.5 Å². The molecule has 0 aromatic heterocycles. The SMILES string of the molecule is CC(NC(=O)C(C)(C)C)C(=O)NCc1ccc(CN2CCCCC2)cc1. The van der Waals surface area contributed by atoms with Gasteiger partial charge in [-0.05, 0) is 44.0 Å². The van der Waals surface area contributed by atoms with Crippen LogP contribution >= 0.6 is 0 Å². The number of carbonyl (C=O) groups is 2. The number of nitrogens with one attached hydrogen (secondary N) is 2. The fourth-order valence-corrected chi connectivity index (χ4v) is 2.96. The molecule has 2 amide bonds. The largest absolute Gasteiger partial charge is 0.350 e. The van der Waals surface area contributed by atoms with Gasteiger partial charge in [-0.1, -0.05) is 51.5 Å². The molecule has 1 heterocycles. The van der Waals surface area contributed by atoms with Crippen molar-refractivity contribution in [1.29, 1.82) is 0 Å². The first-order valence-corrected chi connectivity index (χ1v) is 9.64. The van der Waals surface area contributed by atoms with Crippen molar-refractivity contribution >= 4 is 11.8 Å². The summed E-state index contributed by atoms with van der Waals surface area (Å²) in [7, 11) is 0. The van der Waals surface area contributed by atoms with Crippen molar-refractivity contribution in [2.24, 2.45) is 5.41 Å². The zero-order valence-corrected chi connectivity index (χ0v) is 16.6. The van der Waals surface area contributed by atoms with E-state index in [1.807, 2.05) is 20.8 Å². The second-order valence-electron chi connectivity index (χ2n) is 8.32. The molecular formula is C21H33N3O2. The van der Waals surface area contributed by atoms with Crippen molar-refractivity contribution in [3.05, 3.63) is 35.4 Å². The van der Waals surface area contributed by atoms with E-state index in [0.29, 0.717) is 6.54 Å². The Kier molecular flexibility index (Phi) is 7.21. The Morgan fingerprint density at radius 1 is 1.04 bits per heavy atom. The Labute approximate surface area is 157 Å². The van der Waals surface area contributed by atoms with Crippen LogP contribution in [0.25, 0.3) is 0 Å². The number of piperidine rings is 1. The number of benzene rings is 1. The molecule has 1 fully saturated rings. The van der Waals surface area contributed by atoms with Crippen molar-refractivity contribution < 1.29 is 9.59 Å². The van der Waals surface area contributed by atoms with Gasteiger partial charge in [0.15, 0.2) is 0 Å². The van der Waals surface area contributed by atoms with Crippen molar-refractivity contribution in [2.75, 3.05) is 13.1 Å². The van der Waals surface area contributed by atoms with Crippen molar-refractivity contribution in [3.8, 4) is 0 Å². The highest BCUT2D eigenvalue weighted by Gasteiger charge is 2.24. The first-order chi connectivity index (χ1) is 12.3. The maximum absolute atomic E-state index is 12.2. The van der Waals surface area contributed by atoms with Crippen LogP contribution in [0.3, 0.4) is 0 Å². The molecule has 0 bridgehead atoms. The lowest BCUT2D eigenvalue weighted by Crippen LogP contribution is -2.48. The highest BCUT2D eigenvalue weighted by molar-refractivity contribution is 5.89. The average Bonchev–Trinajstić information content (AvgIpc) is 2.61. The molecule has 1 aliphatic heterocycles. The van der Waals surface area contributed by atoms with Crippen LogP contribution < -0.4 is 10.6 Å². The van der Waals surface area contributed by atoms with Gasteiger partial charge in [-0.15, -0.1) is 0 Å². The molecule has 0 spiro atoms. The molecule has 1 atom stereocenters. The molecule has 1 aromatic carbocycles. The van der Waals surface area contributed by atoms with Crippen LogP contribution in [0, 0.1) is 5.41 Å². The zero-order chi connectivity index (χ0) is 19.2. The van der Waals surface area contributed by atoms with E-state index in [0.717, 1.165) is 12.1 Å². The molecule has 26 heavy (non-hydrogen) atoms. The molecule has 144 valence electrons. The van der Waals surface area contributed by atoms with Gasteiger partial charge in [-0.3, -0.25) is 14.5 Å². The lowest BCUT2D eigenvalue weighted by Gasteiger charge is -2.26. The number of carbonyl (C=O) groups excluding carboxylic acids is 2. The number of hydrogen-bond donors (Lipinski definition) is 2. The first-order valence-electron chi connectivity index (χ1n) is 9.64. The van der Waals surface area contributed by atoms with E-state index in [-0.39, 0.29) is 11.8 Å². The Morgan fingerprint density at radius 3 is 2.19 bits per heavy atom. The van der Waals surface area contributed by atoms with Crippen LogP contribution in [-0.4, -0.2) is 35.8 Å². The molecule has 1 saturated heterocycles. The van der Waals surface area contributed by atoms with E-state index in [9.17, 15) is 9.59 Å². The van der Waals surface area contributed by atoms with Gasteiger partial charge in [0, 0.05) is 18.5 Å². The third kappa shape index (κ3) is 6.45. The number of hydrogen-bond acceptors (Lipinski definition) is 3. The third-order valence-electron chi connectivity index (χ3n) is 4.77. The summed E-state index contributed by atoms with van der Waals surface area (Å²) in [6.07, 6.45) is 3.95. The quantitative estimate of drug-likeness (QED) is 0.821. The summed E-state index contributed by atoms with van der Waals surface area (Å²) >= 11 is 0. The predicted octanol–water partition coefficient (Wildman–Crippen LogP) is 2.84. The minimum Gasteiger partial charge on any atom is -0.350 e. The number of nitrogens with zero attached hydrogens (tertiary/aromatic N) is 1. The minimum absolute atomic E-state index is 0.123. The lowest BCUT2D eigenvalue weighted by molar-refractivity contribution is -0.133. The maximum atomic E-state index is 12.2. The van der Waals surface area contributed by atoms with Gasteiger partial charge in [0.2, 0.25) is 11.8 Å². The number of rotatable bonds is 6. The molecule has 1 aromatic rings. The monoisotopic (exact) mass is 359 g/mol. The molecule has 1 unspecified atom stereocenters. The maximum Gasteiger partial charge on any atom is 0.242 e. The molecule has 5 nitrogen and oxygen atoms in total. The normalized spacial score (nSPS) is 16.8. The Balaban J connectivity index is 1.77. The van der Waals surface area contributed by atoms with Crippen LogP contribution in [0.1, 0.15) is 58.1 Å². The van der Waals surface area contributed by atoms with Gasteiger partial charge in [0.1, 0.15) is 6.04 Å². The molecule has 0 saturated carbocycles. The van der Waals surface area contributed by atoms with Gasteiger partial charge in [-0.2, -0.15) is 0 Å². The summed E-state index contributed by atoms with van der Waals surface area (Å²) in [6, 6.07) is 7.87. The van der Waals surface area contributed by atoms with Gasteiger partial charge in [0.05, 0.1) is 0 Å². The summed E-state index contributed by atoms with van der Waals surface area (Å²) in [5.41, 5.74) is 1.88. The fourth-order valence-electron chi connectivity index (χ4n) is 2.96. The van der Waals surface area contributed by atoms with Crippen molar-refractivity contribution in [2.45, 2.75) is 66.1 Å². The minimum atomic E-state index is -0.542. The lowest BCUT2D eigenvalue weighted by atomic mass is 9.95. The average molecular weight is 360 g/mol. The summed E-state index contributed by atoms with van der Waals surface area (Å²) in [5.74, 6) is -0.290. The Hall–Kier alpha value is -1.88. The zero-order valence-electron chi connectivity index (χ0n) is 16.6. The van der Waals surface area contributed by atoms with Crippen LogP contribution in [-0.2, 0) is 22.7 Å². The van der Waals surface area contributed by atoms with Crippen LogP contribution in [0.15, 0.2) is 24.3 Å². The fraction of sp³-hybridized carbons (Fsp3) is 0.619. The molecule has 1 aliphatic rings. The summed E-state index contributed by atoms with van der Waals surface area (Å²) in [6.45, 7) is 11.1. The Morgan fingerprint density at radius 2 is 1.62 bits per heavy atom. The third-order valence-corrected chi connectivity index (χ3v) is 4.77. The van der Waals surface area contributed by atoms with E-state index in [4.69, 9.17) is 0 Å². The molecular weight excluding hydrogens is 326 g/mol. The van der Waals surface area contributed by atoms with E-state index in [2.05, 4.69) is 39.8 Å². The number of amides is 2. The topological polar surface area (TPSA) is 61.4 Å². The summed E-state index contributed by atoms with van der Waals surface area (Å²) in [4.78, 5) is 26.6. The molecule has 2 rings (SSSR count). The van der Waals surface area contributed by atoms with Crippen LogP contribution in [0.5, 0.6) is 0 Å². The smallest absolute Gasteiger partial charge is 0.242 e. The van der Waals surface area contributed by atoms with E-state index >= 15 is 0 Å². The van der Waals surface area contributed by atoms with Crippen LogP contribution in [0.4, 0.5) is 0 Å². The standard InChI is InChI=1S/C21H33N3O2/c1-16(23-20(26)21(2,3)4)19(25)22-14-17-8-10-18(11-9-17)15-24-12-6-5-7-13-24/h8-11,16H,5-7,12-15H2,1-4H3,(H,22,25)(H,23,26). The second-order valence-corrected chi connectivity index (χ2v) is 8.32. The molecule has 5 heteroatoms. The van der Waals surface area contributed by atoms with Gasteiger partial charge >= 0.3 is 0 Å². The molecule has 2 N–H and O–H groups in total. The van der Waals surface area contributed by atoms with Gasteiger partial charge in [-0.25, -0.2) is 0 Å². The van der Waals surface area contributed by atoms with Crippen molar-refractivity contribution in [3.63, 3.8) is 0 Å². The van der Waals surface area contributed by atoms with Crippen LogP contribution in [0.2, 0.25) is 0 Å². The second kappa shape index (κ2) is 9.17. The number of likely N-dealkylation sites (tertiary alicyclic amines) is 1. The Bertz CT molecular complexity index is 599. The van der Waals surface area contributed by atoms with E-state index in [1.165, 1.54) is 37.9 Å². The molecule has 0 aliphatic carbocycles. The summed E-state index contributed by atoms with van der Waals surface area (Å²) in [5, 5.41) is 5.65. The van der Waals surface area contributed by atoms with E-state index in [1.54, 1.807) is 6.92 Å². The summed E-state index contributed by atoms with van der Waals surface area (Å²) < 4.78 is 0. The van der Waals surface area contributed by atoms with Gasteiger partial charge < -0.3 is 10.6 Å². The van der Waals surface area contributed by atoms with Crippen molar-refractivity contribution in [1.82, 2.24) is 15.5 Å². The first kappa shape index (κ1) is 20.4. The highest BCUT2D eigenvalue weighted by atomic mass is 16.2. The highest BCUT2D eigenvalue weighted by Crippen LogP contribution is 2.14. The van der Waals surface area contributed by atoms with Gasteiger partial charge in [0.25, 0.3) is 0 Å². The molecule has 0 radical (unpaired) electrons. The predicted molar refractivity (Wildman–Crippen MR) is 104 cm³/mol.